The van der Waals surface area contributed by atoms with Crippen molar-refractivity contribution >= 4 is 33.1 Å². The largest absolute Gasteiger partial charge is 0.474 e. The summed E-state index contributed by atoms with van der Waals surface area (Å²) in [5.74, 6) is 1.82. The predicted octanol–water partition coefficient (Wildman–Crippen LogP) is 5.23. The summed E-state index contributed by atoms with van der Waals surface area (Å²) in [6, 6.07) is 0.267. The zero-order valence-corrected chi connectivity index (χ0v) is 27.6. The first kappa shape index (κ1) is 33.6. The molecule has 2 aliphatic heterocycles. The number of fused-ring (bicyclic) bond motifs is 2. The van der Waals surface area contributed by atoms with Crippen LogP contribution in [0.1, 0.15) is 90.4 Å². The first-order chi connectivity index (χ1) is 20.6. The van der Waals surface area contributed by atoms with Crippen LogP contribution in [0.3, 0.4) is 0 Å². The smallest absolute Gasteiger partial charge is 0.301 e. The van der Waals surface area contributed by atoms with E-state index in [0.717, 1.165) is 62.3 Å². The summed E-state index contributed by atoms with van der Waals surface area (Å²) in [5, 5.41) is 0.0816. The summed E-state index contributed by atoms with van der Waals surface area (Å²) in [4.78, 5) is 4.38. The van der Waals surface area contributed by atoms with Crippen LogP contribution in [0.5, 0.6) is 0 Å². The molecule has 3 saturated carbocycles. The van der Waals surface area contributed by atoms with Crippen molar-refractivity contribution < 1.29 is 35.4 Å². The van der Waals surface area contributed by atoms with Crippen LogP contribution in [0.2, 0.25) is 0 Å². The van der Waals surface area contributed by atoms with Crippen molar-refractivity contribution in [2.24, 2.45) is 11.8 Å². The van der Waals surface area contributed by atoms with Crippen LogP contribution in [0.25, 0.3) is 0 Å². The van der Waals surface area contributed by atoms with Gasteiger partial charge in [-0.3, -0.25) is 18.2 Å². The molecule has 0 aromatic heterocycles. The fraction of sp³-hybridized carbons (Fsp3) is 0.867. The van der Waals surface area contributed by atoms with E-state index < -0.39 is 21.5 Å². The van der Waals surface area contributed by atoms with E-state index in [9.17, 15) is 17.2 Å². The molecule has 13 heteroatoms. The fourth-order valence-corrected chi connectivity index (χ4v) is 9.09. The van der Waals surface area contributed by atoms with Gasteiger partial charge in [-0.15, -0.1) is 11.6 Å². The number of nitrogens with zero attached hydrogens (tertiary/aromatic N) is 2. The third-order valence-corrected chi connectivity index (χ3v) is 11.7. The highest BCUT2D eigenvalue weighted by Gasteiger charge is 2.46. The van der Waals surface area contributed by atoms with Gasteiger partial charge in [0.1, 0.15) is 12.3 Å². The predicted molar refractivity (Wildman–Crippen MR) is 166 cm³/mol. The molecule has 2 N–H and O–H groups in total. The lowest BCUT2D eigenvalue weighted by Crippen LogP contribution is -2.45. The summed E-state index contributed by atoms with van der Waals surface area (Å²) in [5.41, 5.74) is 1.03. The van der Waals surface area contributed by atoms with E-state index in [1.807, 2.05) is 0 Å². The van der Waals surface area contributed by atoms with E-state index in [0.29, 0.717) is 18.9 Å². The zero-order valence-electron chi connectivity index (χ0n) is 25.2. The van der Waals surface area contributed by atoms with E-state index >= 15 is 0 Å². The molecule has 8 unspecified atom stereocenters. The molecule has 0 aromatic carbocycles. The van der Waals surface area contributed by atoms with Gasteiger partial charge in [-0.05, 0) is 74.9 Å². The van der Waals surface area contributed by atoms with Gasteiger partial charge >= 0.3 is 11.4 Å². The molecule has 5 aliphatic rings. The topological polar surface area (TPSA) is 126 Å². The Bertz CT molecular complexity index is 1130. The number of rotatable bonds is 12. The maximum atomic E-state index is 11.8. The lowest BCUT2D eigenvalue weighted by atomic mass is 9.71. The zero-order chi connectivity index (χ0) is 30.6. The van der Waals surface area contributed by atoms with E-state index in [-0.39, 0.29) is 54.8 Å². The maximum Gasteiger partial charge on any atom is 0.301 e. The molecule has 0 bridgehead atoms. The third-order valence-electron chi connectivity index (χ3n) is 10.2. The Morgan fingerprint density at radius 2 is 1.81 bits per heavy atom. The van der Waals surface area contributed by atoms with Gasteiger partial charge in [-0.25, -0.2) is 0 Å². The summed E-state index contributed by atoms with van der Waals surface area (Å²) >= 11 is 4.26. The first-order valence-corrected chi connectivity index (χ1v) is 19.3. The summed E-state index contributed by atoms with van der Waals surface area (Å²) in [7, 11) is -4.11. The lowest BCUT2D eigenvalue weighted by molar-refractivity contribution is 0.0228. The van der Waals surface area contributed by atoms with Gasteiger partial charge in [0.25, 0.3) is 10.1 Å². The molecule has 5 rings (SSSR count). The minimum Gasteiger partial charge on any atom is -0.474 e. The molecule has 43 heavy (non-hydrogen) atoms. The van der Waals surface area contributed by atoms with Gasteiger partial charge in [0.05, 0.1) is 24.5 Å². The molecule has 2 heterocycles. The first-order valence-electron chi connectivity index (χ1n) is 16.2. The molecule has 8 atom stereocenters. The Labute approximate surface area is 264 Å². The summed E-state index contributed by atoms with van der Waals surface area (Å²) in [6.45, 7) is 3.08. The molecular formula is C30H49ClN2O8S2. The number of alkyl halides is 1. The van der Waals surface area contributed by atoms with Gasteiger partial charge in [0.15, 0.2) is 5.88 Å². The highest BCUT2D eigenvalue weighted by Crippen LogP contribution is 2.44. The highest BCUT2D eigenvalue weighted by atomic mass is 35.5. The van der Waals surface area contributed by atoms with Gasteiger partial charge in [-0.1, -0.05) is 39.0 Å². The van der Waals surface area contributed by atoms with Crippen LogP contribution in [0, 0.1) is 11.8 Å². The summed E-state index contributed by atoms with van der Waals surface area (Å²) in [6.07, 6.45) is 17.4. The standard InChI is InChI=1S/C30H49ClN2O8S2/c1-2-21(17-29-32(13-6-15-39-42(34)35)26-20-24(31)10-12-28(26)41-29)18-30-33(14-16-43(36,37)38)25-19-23(9-11-27(25)40-30)22-7-4-3-5-8-22/h17-18,22-28,30H,2-16,19-20H2,1H3,(H,34,35)(H,36,37,38). The normalized spacial score (nSPS) is 36.0. The second-order valence-electron chi connectivity index (χ2n) is 12.9. The van der Waals surface area contributed by atoms with Crippen molar-refractivity contribution in [1.82, 2.24) is 9.80 Å². The maximum absolute atomic E-state index is 11.8. The Balaban J connectivity index is 1.35. The Morgan fingerprint density at radius 1 is 1.05 bits per heavy atom. The molecule has 5 fully saturated rings. The number of hydrogen-bond donors (Lipinski definition) is 2. The number of allylic oxidation sites excluding steroid dienone is 2. The van der Waals surface area contributed by atoms with Crippen LogP contribution in [-0.4, -0.2) is 92.9 Å². The average Bonchev–Trinajstić information content (AvgIpc) is 3.49. The Morgan fingerprint density at radius 3 is 2.53 bits per heavy atom. The monoisotopic (exact) mass is 664 g/mol. The highest BCUT2D eigenvalue weighted by molar-refractivity contribution is 7.85. The Hall–Kier alpha value is -0.730. The van der Waals surface area contributed by atoms with Crippen LogP contribution < -0.4 is 0 Å². The second-order valence-corrected chi connectivity index (χ2v) is 15.8. The van der Waals surface area contributed by atoms with E-state index in [2.05, 4.69) is 28.9 Å². The molecule has 10 nitrogen and oxygen atoms in total. The average molecular weight is 665 g/mol. The quantitative estimate of drug-likeness (QED) is 0.124. The molecular weight excluding hydrogens is 616 g/mol. The van der Waals surface area contributed by atoms with Crippen molar-refractivity contribution in [1.29, 1.82) is 0 Å². The summed E-state index contributed by atoms with van der Waals surface area (Å²) < 4.78 is 71.1. The minimum absolute atomic E-state index is 0.0424. The van der Waals surface area contributed by atoms with Crippen LogP contribution in [0.15, 0.2) is 23.6 Å². The van der Waals surface area contributed by atoms with E-state index in [1.54, 1.807) is 0 Å². The second kappa shape index (κ2) is 15.2. The van der Waals surface area contributed by atoms with Crippen LogP contribution in [-0.2, 0) is 35.1 Å². The van der Waals surface area contributed by atoms with E-state index in [4.69, 9.17) is 29.8 Å². The van der Waals surface area contributed by atoms with Crippen molar-refractivity contribution in [3.8, 4) is 0 Å². The molecule has 0 amide bonds. The van der Waals surface area contributed by atoms with Crippen molar-refractivity contribution in [3.63, 3.8) is 0 Å². The van der Waals surface area contributed by atoms with Gasteiger partial charge in [0.2, 0.25) is 0 Å². The number of hydrogen-bond acceptors (Lipinski definition) is 8. The molecule has 246 valence electrons. The minimum atomic E-state index is -4.11. The van der Waals surface area contributed by atoms with E-state index in [1.165, 1.54) is 32.1 Å². The van der Waals surface area contributed by atoms with Gasteiger partial charge in [0, 0.05) is 30.6 Å². The molecule has 0 radical (unpaired) electrons. The molecule has 2 saturated heterocycles. The van der Waals surface area contributed by atoms with Gasteiger partial charge < -0.3 is 14.4 Å². The van der Waals surface area contributed by atoms with Crippen molar-refractivity contribution in [2.45, 2.75) is 126 Å². The van der Waals surface area contributed by atoms with Crippen molar-refractivity contribution in [3.05, 3.63) is 23.6 Å². The van der Waals surface area contributed by atoms with Crippen LogP contribution >= 0.6 is 11.6 Å². The molecule has 3 aliphatic carbocycles. The number of ether oxygens (including phenoxy) is 2. The number of halogens is 1. The van der Waals surface area contributed by atoms with Crippen molar-refractivity contribution in [2.75, 3.05) is 25.4 Å². The third kappa shape index (κ3) is 8.96. The molecule has 0 spiro atoms. The fourth-order valence-electron chi connectivity index (χ4n) is 8.08. The van der Waals surface area contributed by atoms with Crippen LogP contribution in [0.4, 0.5) is 0 Å². The SMILES string of the molecule is CCC(=CC1OC2CCC(C3CCCCC3)CC2N1CCS(=O)(=O)O)C=C1OC2CCC(Cl)CC2N1CCCOS(=O)O. The Kier molecular flexibility index (Phi) is 11.9. The molecule has 0 aromatic rings. The lowest BCUT2D eigenvalue weighted by Gasteiger charge is -2.39. The van der Waals surface area contributed by atoms with Gasteiger partial charge in [-0.2, -0.15) is 12.6 Å².